The van der Waals surface area contributed by atoms with Gasteiger partial charge in [0, 0.05) is 83.4 Å². The molecule has 8 atom stereocenters. The molecule has 0 aliphatic carbocycles. The van der Waals surface area contributed by atoms with Gasteiger partial charge in [-0.05, 0) is 72.6 Å². The number of H-pyrrole nitrogens is 3. The molecule has 8 amide bonds. The number of carboxylic acids is 1. The smallest absolute Gasteiger partial charge is 0.326 e. The molecule has 1 saturated heterocycles. The van der Waals surface area contributed by atoms with Crippen LogP contribution in [0.1, 0.15) is 88.5 Å². The molecular formula is C62H73N11O10. The first kappa shape index (κ1) is 59.8. The van der Waals surface area contributed by atoms with Crippen LogP contribution < -0.4 is 42.5 Å². The highest BCUT2D eigenvalue weighted by molar-refractivity contribution is 5.99. The zero-order valence-corrected chi connectivity index (χ0v) is 46.9. The van der Waals surface area contributed by atoms with Crippen molar-refractivity contribution in [1.82, 2.24) is 57.5 Å². The van der Waals surface area contributed by atoms with E-state index >= 15 is 9.59 Å². The number of unbranched alkanes of at least 4 members (excludes halogenated alkanes) is 1. The Morgan fingerprint density at radius 3 is 1.37 bits per heavy atom. The fourth-order valence-electron chi connectivity index (χ4n) is 10.5. The third-order valence-electron chi connectivity index (χ3n) is 15.0. The number of carboxylic acid groups (broad SMARTS) is 1. The van der Waals surface area contributed by atoms with Crippen molar-refractivity contribution in [3.63, 3.8) is 0 Å². The van der Waals surface area contributed by atoms with Crippen molar-refractivity contribution in [2.75, 3.05) is 0 Å². The van der Waals surface area contributed by atoms with Crippen LogP contribution in [0.2, 0.25) is 0 Å². The first-order valence-corrected chi connectivity index (χ1v) is 28.3. The van der Waals surface area contributed by atoms with E-state index in [1.54, 1.807) is 48.9 Å². The quantitative estimate of drug-likeness (QED) is 0.0328. The Hall–Kier alpha value is -9.27. The van der Waals surface area contributed by atoms with Crippen LogP contribution in [0.4, 0.5) is 0 Å². The fourth-order valence-corrected chi connectivity index (χ4v) is 10.5. The van der Waals surface area contributed by atoms with Gasteiger partial charge in [-0.25, -0.2) is 4.79 Å². The van der Waals surface area contributed by atoms with Gasteiger partial charge >= 0.3 is 5.97 Å². The SMILES string of the molecule is CCCC[C@H](NC(=O)[C@H](CC(C)C)NC(=O)[C@@H](Cc1c[nH]c2ccccc12)NC(=O)[C@H](Cc1ccccc1)NC(=O)[C@@H](Cc1c[nH]c2ccccc12)NC(=O)[C@H](C)NC(=O)[C@H](Cc1c[nH]c2ccccc12)NC(=O)[C@H]1CCC(=O)N1)C(=O)O. The Bertz CT molecular complexity index is 3460. The van der Waals surface area contributed by atoms with Crippen molar-refractivity contribution in [2.24, 2.45) is 5.92 Å². The summed E-state index contributed by atoms with van der Waals surface area (Å²) < 4.78 is 0. The second kappa shape index (κ2) is 27.9. The number of aliphatic carboxylic acids is 1. The highest BCUT2D eigenvalue weighted by Gasteiger charge is 2.36. The lowest BCUT2D eigenvalue weighted by Gasteiger charge is -2.28. The molecule has 0 saturated carbocycles. The van der Waals surface area contributed by atoms with Gasteiger partial charge in [0.05, 0.1) is 0 Å². The number of hydrogen-bond donors (Lipinski definition) is 12. The van der Waals surface area contributed by atoms with E-state index in [0.717, 1.165) is 38.3 Å². The number of nitrogens with one attached hydrogen (secondary N) is 11. The van der Waals surface area contributed by atoms with Crippen LogP contribution in [-0.2, 0) is 68.8 Å². The summed E-state index contributed by atoms with van der Waals surface area (Å²) in [6.45, 7) is 7.06. The van der Waals surface area contributed by atoms with Crippen molar-refractivity contribution in [3.05, 3.63) is 144 Å². The molecule has 21 heteroatoms. The average molecular weight is 1130 g/mol. The topological polar surface area (TPSA) is 317 Å². The van der Waals surface area contributed by atoms with E-state index < -0.39 is 95.7 Å². The number of rotatable bonds is 28. The maximum Gasteiger partial charge on any atom is 0.326 e. The lowest BCUT2D eigenvalue weighted by molar-refractivity contribution is -0.142. The maximum atomic E-state index is 15.1. The summed E-state index contributed by atoms with van der Waals surface area (Å²) in [7, 11) is 0. The lowest BCUT2D eigenvalue weighted by Crippen LogP contribution is -2.61. The third-order valence-corrected chi connectivity index (χ3v) is 15.0. The number of fused-ring (bicyclic) bond motifs is 3. The van der Waals surface area contributed by atoms with Gasteiger partial charge in [0.2, 0.25) is 47.3 Å². The third kappa shape index (κ3) is 15.8. The van der Waals surface area contributed by atoms with Crippen LogP contribution in [0.5, 0.6) is 0 Å². The molecule has 0 unspecified atom stereocenters. The molecular weight excluding hydrogens is 1060 g/mol. The number of benzene rings is 4. The van der Waals surface area contributed by atoms with Gasteiger partial charge in [-0.3, -0.25) is 38.4 Å². The highest BCUT2D eigenvalue weighted by Crippen LogP contribution is 2.23. The molecule has 8 rings (SSSR count). The molecule has 12 N–H and O–H groups in total. The van der Waals surface area contributed by atoms with Crippen LogP contribution in [-0.4, -0.2) is 122 Å². The summed E-state index contributed by atoms with van der Waals surface area (Å²) in [5, 5.41) is 34.5. The van der Waals surface area contributed by atoms with E-state index in [1.165, 1.54) is 6.92 Å². The molecule has 3 aromatic heterocycles. The number of carbonyl (C=O) groups excluding carboxylic acids is 8. The summed E-state index contributed by atoms with van der Waals surface area (Å²) in [5.74, 6) is -6.61. The molecule has 1 fully saturated rings. The average Bonchev–Trinajstić information content (AvgIpc) is 4.51. The van der Waals surface area contributed by atoms with Gasteiger partial charge < -0.3 is 62.6 Å². The van der Waals surface area contributed by atoms with Crippen molar-refractivity contribution in [3.8, 4) is 0 Å². The fraction of sp³-hybridized carbons (Fsp3) is 0.371. The Balaban J connectivity index is 1.06. The standard InChI is InChI=1S/C62H73N11O10/c1-5-6-21-48(62(82)83)68-58(78)49(27-35(2)3)70-61(81)53(31-40-34-65-46-24-15-12-20-43(40)46)73-59(79)50(28-37-16-8-7-9-17-37)71-60(80)52(30-39-33-64-45-23-14-11-19-42(39)45)69-55(75)36(4)66-57(77)51(72-56(76)47-25-26-54(74)67-47)29-38-32-63-44-22-13-10-18-41(38)44/h7-20,22-24,32-36,47-53,63-65H,5-6,21,25-31H2,1-4H3,(H,66,77)(H,67,74)(H,68,78)(H,69,75)(H,70,81)(H,71,80)(H,72,76)(H,73,79)(H,82,83)/t36-,47+,48-,49-,50-,51-,52+,53+/m0/s1. The summed E-state index contributed by atoms with van der Waals surface area (Å²) >= 11 is 0. The summed E-state index contributed by atoms with van der Waals surface area (Å²) in [5.41, 5.74) is 5.03. The highest BCUT2D eigenvalue weighted by atomic mass is 16.4. The molecule has 0 spiro atoms. The minimum absolute atomic E-state index is 0.0253. The number of para-hydroxylation sites is 3. The van der Waals surface area contributed by atoms with Crippen molar-refractivity contribution >= 4 is 85.9 Å². The zero-order valence-electron chi connectivity index (χ0n) is 46.9. The Morgan fingerprint density at radius 1 is 0.506 bits per heavy atom. The van der Waals surface area contributed by atoms with Crippen LogP contribution in [0.3, 0.4) is 0 Å². The molecule has 436 valence electrons. The first-order chi connectivity index (χ1) is 39.9. The molecule has 7 aromatic rings. The molecule has 83 heavy (non-hydrogen) atoms. The Labute approximate surface area is 480 Å². The summed E-state index contributed by atoms with van der Waals surface area (Å²) in [6.07, 6.45) is 6.97. The molecule has 1 aliphatic rings. The van der Waals surface area contributed by atoms with Gasteiger partial charge in [0.25, 0.3) is 0 Å². The van der Waals surface area contributed by atoms with Gasteiger partial charge in [-0.2, -0.15) is 0 Å². The Kier molecular flexibility index (Phi) is 20.1. The normalized spacial score (nSPS) is 15.7. The van der Waals surface area contributed by atoms with E-state index in [1.807, 2.05) is 93.6 Å². The molecule has 0 bridgehead atoms. The predicted octanol–water partition coefficient (Wildman–Crippen LogP) is 4.41. The van der Waals surface area contributed by atoms with Crippen molar-refractivity contribution in [2.45, 2.75) is 140 Å². The van der Waals surface area contributed by atoms with Gasteiger partial charge in [-0.15, -0.1) is 0 Å². The van der Waals surface area contributed by atoms with Gasteiger partial charge in [0.1, 0.15) is 48.3 Å². The van der Waals surface area contributed by atoms with Crippen molar-refractivity contribution < 1.29 is 48.3 Å². The number of carbonyl (C=O) groups is 9. The predicted molar refractivity (Wildman–Crippen MR) is 313 cm³/mol. The van der Waals surface area contributed by atoms with Crippen LogP contribution in [0.25, 0.3) is 32.7 Å². The van der Waals surface area contributed by atoms with Crippen LogP contribution in [0, 0.1) is 5.92 Å². The second-order valence-corrected chi connectivity index (χ2v) is 21.7. The van der Waals surface area contributed by atoms with Crippen LogP contribution in [0.15, 0.2) is 122 Å². The van der Waals surface area contributed by atoms with E-state index in [9.17, 15) is 38.7 Å². The first-order valence-electron chi connectivity index (χ1n) is 28.3. The minimum atomic E-state index is -1.37. The lowest BCUT2D eigenvalue weighted by atomic mass is 9.99. The summed E-state index contributed by atoms with van der Waals surface area (Å²) in [6, 6.07) is 21.4. The molecule has 4 heterocycles. The monoisotopic (exact) mass is 1130 g/mol. The number of aromatic amines is 3. The number of hydrogen-bond acceptors (Lipinski definition) is 9. The number of amides is 8. The van der Waals surface area contributed by atoms with Gasteiger partial charge in [-0.1, -0.05) is 119 Å². The maximum absolute atomic E-state index is 15.1. The van der Waals surface area contributed by atoms with Gasteiger partial charge in [0.15, 0.2) is 0 Å². The van der Waals surface area contributed by atoms with Crippen LogP contribution >= 0.6 is 0 Å². The Morgan fingerprint density at radius 2 is 0.916 bits per heavy atom. The van der Waals surface area contributed by atoms with E-state index in [4.69, 9.17) is 0 Å². The zero-order chi connectivity index (χ0) is 59.2. The van der Waals surface area contributed by atoms with E-state index in [0.29, 0.717) is 29.5 Å². The molecule has 0 radical (unpaired) electrons. The summed E-state index contributed by atoms with van der Waals surface area (Å²) in [4.78, 5) is 135. The largest absolute Gasteiger partial charge is 0.480 e. The van der Waals surface area contributed by atoms with E-state index in [-0.39, 0.29) is 63.2 Å². The minimum Gasteiger partial charge on any atom is -0.480 e. The molecule has 1 aliphatic heterocycles. The van der Waals surface area contributed by atoms with Crippen molar-refractivity contribution in [1.29, 1.82) is 0 Å². The second-order valence-electron chi connectivity index (χ2n) is 21.7. The van der Waals surface area contributed by atoms with E-state index in [2.05, 4.69) is 57.5 Å². The molecule has 4 aromatic carbocycles. The molecule has 21 nitrogen and oxygen atoms in total. The number of aromatic nitrogens is 3.